The molecule has 0 spiro atoms. The normalized spacial score (nSPS) is 17.0. The first-order chi connectivity index (χ1) is 15.4. The Bertz CT molecular complexity index is 1370. The molecule has 0 saturated carbocycles. The number of hydrogen-bond acceptors (Lipinski definition) is 4. The standard InChI is InChI=1S/C24H18ClN5OS/c1-14-12-16(15(2)29(14)17-8-4-3-5-9-17)13-19-21(26)30-24(27-22(19)31)32-23(28-30)18-10-6-7-11-20(18)25/h3-13,26H,1-2H3/b19-13-,26-21?. The monoisotopic (exact) mass is 459 g/mol. The number of amidine groups is 2. The number of thioether (sulfide) groups is 1. The first-order valence-electron chi connectivity index (χ1n) is 9.93. The van der Waals surface area contributed by atoms with E-state index in [2.05, 4.69) is 14.7 Å². The maximum absolute atomic E-state index is 12.8. The van der Waals surface area contributed by atoms with Gasteiger partial charge in [0.15, 0.2) is 5.84 Å². The highest BCUT2D eigenvalue weighted by atomic mass is 35.5. The molecule has 0 atom stereocenters. The largest absolute Gasteiger partial charge is 0.318 e. The van der Waals surface area contributed by atoms with E-state index in [-0.39, 0.29) is 11.4 Å². The van der Waals surface area contributed by atoms with Crippen LogP contribution in [0.1, 0.15) is 22.5 Å². The van der Waals surface area contributed by atoms with E-state index in [0.717, 1.165) is 28.2 Å². The third-order valence-electron chi connectivity index (χ3n) is 5.34. The van der Waals surface area contributed by atoms with Gasteiger partial charge in [0.1, 0.15) is 5.04 Å². The van der Waals surface area contributed by atoms with Crippen LogP contribution >= 0.6 is 23.4 Å². The van der Waals surface area contributed by atoms with Crippen LogP contribution < -0.4 is 0 Å². The van der Waals surface area contributed by atoms with E-state index in [1.54, 1.807) is 12.1 Å². The van der Waals surface area contributed by atoms with Crippen LogP contribution in [0.25, 0.3) is 11.8 Å². The van der Waals surface area contributed by atoms with Gasteiger partial charge in [-0.05, 0) is 61.5 Å². The Labute approximate surface area is 194 Å². The van der Waals surface area contributed by atoms with Crippen molar-refractivity contribution in [2.75, 3.05) is 0 Å². The maximum atomic E-state index is 12.8. The lowest BCUT2D eigenvalue weighted by Crippen LogP contribution is -2.35. The van der Waals surface area contributed by atoms with Crippen molar-refractivity contribution in [3.63, 3.8) is 0 Å². The van der Waals surface area contributed by atoms with Crippen LogP contribution in [0.15, 0.2) is 76.3 Å². The Morgan fingerprint density at radius 3 is 2.53 bits per heavy atom. The van der Waals surface area contributed by atoms with Gasteiger partial charge in [0.05, 0.1) is 10.6 Å². The van der Waals surface area contributed by atoms with Crippen molar-refractivity contribution >= 4 is 51.4 Å². The predicted octanol–water partition coefficient (Wildman–Crippen LogP) is 5.42. The summed E-state index contributed by atoms with van der Waals surface area (Å²) in [5.41, 5.74) is 4.87. The lowest BCUT2D eigenvalue weighted by molar-refractivity contribution is -0.114. The zero-order valence-electron chi connectivity index (χ0n) is 17.3. The molecule has 0 bridgehead atoms. The topological polar surface area (TPSA) is 73.8 Å². The smallest absolute Gasteiger partial charge is 0.283 e. The number of aliphatic imine (C=N–C) groups is 1. The third-order valence-corrected chi connectivity index (χ3v) is 6.61. The first-order valence-corrected chi connectivity index (χ1v) is 11.1. The average Bonchev–Trinajstić information content (AvgIpc) is 3.32. The highest BCUT2D eigenvalue weighted by Gasteiger charge is 2.36. The molecule has 2 aromatic carbocycles. The van der Waals surface area contributed by atoms with Crippen LogP contribution in [0.4, 0.5) is 0 Å². The minimum Gasteiger partial charge on any atom is -0.318 e. The summed E-state index contributed by atoms with van der Waals surface area (Å²) in [7, 11) is 0. The number of hydrogen-bond donors (Lipinski definition) is 1. The van der Waals surface area contributed by atoms with E-state index in [1.165, 1.54) is 16.8 Å². The molecule has 0 radical (unpaired) electrons. The molecule has 0 fully saturated rings. The van der Waals surface area contributed by atoms with Gasteiger partial charge in [0, 0.05) is 22.6 Å². The van der Waals surface area contributed by atoms with Gasteiger partial charge in [-0.3, -0.25) is 10.2 Å². The van der Waals surface area contributed by atoms with Crippen LogP contribution in [0, 0.1) is 19.3 Å². The van der Waals surface area contributed by atoms with Crippen molar-refractivity contribution in [1.29, 1.82) is 5.41 Å². The van der Waals surface area contributed by atoms with Gasteiger partial charge in [-0.1, -0.05) is 48.0 Å². The second kappa shape index (κ2) is 7.93. The van der Waals surface area contributed by atoms with Crippen LogP contribution in [0.5, 0.6) is 0 Å². The molecule has 0 aliphatic carbocycles. The number of fused-ring (bicyclic) bond motifs is 1. The second-order valence-electron chi connectivity index (χ2n) is 7.40. The number of nitrogens with zero attached hydrogens (tertiary/aromatic N) is 4. The van der Waals surface area contributed by atoms with E-state index in [9.17, 15) is 4.79 Å². The molecule has 158 valence electrons. The minimum absolute atomic E-state index is 0.000863. The van der Waals surface area contributed by atoms with Gasteiger partial charge in [-0.2, -0.15) is 15.1 Å². The van der Waals surface area contributed by atoms with Gasteiger partial charge in [0.25, 0.3) is 5.91 Å². The van der Waals surface area contributed by atoms with Gasteiger partial charge in [0.2, 0.25) is 5.17 Å². The van der Waals surface area contributed by atoms with Crippen molar-refractivity contribution in [3.05, 3.63) is 93.8 Å². The first kappa shape index (κ1) is 20.5. The van der Waals surface area contributed by atoms with E-state index in [4.69, 9.17) is 17.0 Å². The van der Waals surface area contributed by atoms with Crippen LogP contribution in [0.3, 0.4) is 0 Å². The van der Waals surface area contributed by atoms with E-state index in [1.807, 2.05) is 68.4 Å². The lowest BCUT2D eigenvalue weighted by atomic mass is 10.1. The summed E-state index contributed by atoms with van der Waals surface area (Å²) in [4.78, 5) is 17.0. The number of hydrazone groups is 1. The highest BCUT2D eigenvalue weighted by Crippen LogP contribution is 2.33. The zero-order chi connectivity index (χ0) is 22.4. The molecule has 0 saturated heterocycles. The molecule has 2 aliphatic rings. The molecule has 5 rings (SSSR count). The summed E-state index contributed by atoms with van der Waals surface area (Å²) in [5, 5.41) is 16.1. The van der Waals surface area contributed by atoms with Gasteiger partial charge in [-0.15, -0.1) is 0 Å². The van der Waals surface area contributed by atoms with Crippen molar-refractivity contribution in [2.24, 2.45) is 10.1 Å². The molecular weight excluding hydrogens is 442 g/mol. The molecule has 6 nitrogen and oxygen atoms in total. The molecule has 8 heteroatoms. The molecule has 3 aromatic rings. The predicted molar refractivity (Wildman–Crippen MR) is 131 cm³/mol. The van der Waals surface area contributed by atoms with Crippen molar-refractivity contribution in [2.45, 2.75) is 13.8 Å². The van der Waals surface area contributed by atoms with E-state index < -0.39 is 5.91 Å². The fraction of sp³-hybridized carbons (Fsp3) is 0.0833. The molecule has 2 aliphatic heterocycles. The van der Waals surface area contributed by atoms with Crippen molar-refractivity contribution in [3.8, 4) is 5.69 Å². The Morgan fingerprint density at radius 1 is 1.06 bits per heavy atom. The fourth-order valence-corrected chi connectivity index (χ4v) is 5.01. The Hall–Kier alpha value is -3.42. The van der Waals surface area contributed by atoms with Gasteiger partial charge in [-0.25, -0.2) is 0 Å². The number of nitrogens with one attached hydrogen (secondary N) is 1. The fourth-order valence-electron chi connectivity index (χ4n) is 3.80. The van der Waals surface area contributed by atoms with E-state index in [0.29, 0.717) is 15.2 Å². The second-order valence-corrected chi connectivity index (χ2v) is 8.77. The molecule has 0 unspecified atom stereocenters. The van der Waals surface area contributed by atoms with Crippen LogP contribution in [-0.2, 0) is 4.79 Å². The highest BCUT2D eigenvalue weighted by molar-refractivity contribution is 8.27. The van der Waals surface area contributed by atoms with Crippen LogP contribution in [0.2, 0.25) is 5.02 Å². The van der Waals surface area contributed by atoms with E-state index >= 15 is 0 Å². The van der Waals surface area contributed by atoms with Crippen molar-refractivity contribution in [1.82, 2.24) is 9.58 Å². The lowest BCUT2D eigenvalue weighted by Gasteiger charge is -2.20. The number of amides is 1. The number of carbonyl (C=O) groups is 1. The molecular formula is C24H18ClN5OS. The summed E-state index contributed by atoms with van der Waals surface area (Å²) in [5.74, 6) is -0.451. The summed E-state index contributed by atoms with van der Waals surface area (Å²) in [6.45, 7) is 4.01. The number of benzene rings is 2. The third kappa shape index (κ3) is 3.39. The molecule has 3 heterocycles. The number of para-hydroxylation sites is 1. The Balaban J connectivity index is 1.53. The number of aromatic nitrogens is 1. The van der Waals surface area contributed by atoms with Gasteiger partial charge < -0.3 is 4.57 Å². The van der Waals surface area contributed by atoms with Crippen LogP contribution in [-0.4, -0.2) is 31.5 Å². The minimum atomic E-state index is -0.450. The SMILES string of the molecule is Cc1cc(/C=C2/C(=N)N3N=C(c4ccccc4Cl)SC3=NC2=O)c(C)n1-c1ccccc1. The number of halogens is 1. The van der Waals surface area contributed by atoms with Crippen molar-refractivity contribution < 1.29 is 4.79 Å². The zero-order valence-corrected chi connectivity index (χ0v) is 18.9. The summed E-state index contributed by atoms with van der Waals surface area (Å²) >= 11 is 7.53. The Morgan fingerprint density at radius 2 is 1.78 bits per heavy atom. The molecule has 32 heavy (non-hydrogen) atoms. The molecule has 1 N–H and O–H groups in total. The number of rotatable bonds is 3. The summed E-state index contributed by atoms with van der Waals surface area (Å²) in [6.07, 6.45) is 1.72. The summed E-state index contributed by atoms with van der Waals surface area (Å²) < 4.78 is 2.12. The number of aryl methyl sites for hydroxylation is 1. The maximum Gasteiger partial charge on any atom is 0.283 e. The average molecular weight is 460 g/mol. The quantitative estimate of drug-likeness (QED) is 0.532. The van der Waals surface area contributed by atoms with Gasteiger partial charge >= 0.3 is 0 Å². The number of carbonyl (C=O) groups excluding carboxylic acids is 1. The molecule has 1 amide bonds. The summed E-state index contributed by atoms with van der Waals surface area (Å²) in [6, 6.07) is 19.4. The molecule has 1 aromatic heterocycles. The Kier molecular flexibility index (Phi) is 5.07.